The smallest absolute Gasteiger partial charge is 0.339 e. The lowest BCUT2D eigenvalue weighted by Crippen LogP contribution is -2.05. The molecular formula is C13H12ClNO3. The van der Waals surface area contributed by atoms with Gasteiger partial charge in [-0.05, 0) is 36.8 Å². The average molecular weight is 266 g/mol. The van der Waals surface area contributed by atoms with Gasteiger partial charge in [-0.3, -0.25) is 0 Å². The van der Waals surface area contributed by atoms with Gasteiger partial charge in [0.15, 0.2) is 0 Å². The molecular weight excluding hydrogens is 254 g/mol. The third-order valence-corrected chi connectivity index (χ3v) is 2.84. The van der Waals surface area contributed by atoms with Crippen LogP contribution in [0.15, 0.2) is 34.9 Å². The summed E-state index contributed by atoms with van der Waals surface area (Å²) in [4.78, 5) is 10.9. The Balaban J connectivity index is 2.11. The van der Waals surface area contributed by atoms with Crippen LogP contribution in [-0.4, -0.2) is 11.1 Å². The molecule has 1 aromatic carbocycles. The Labute approximate surface area is 109 Å². The van der Waals surface area contributed by atoms with Crippen LogP contribution in [0.4, 0.5) is 5.69 Å². The summed E-state index contributed by atoms with van der Waals surface area (Å²) in [6.45, 7) is 2.24. The molecule has 94 valence electrons. The predicted molar refractivity (Wildman–Crippen MR) is 69.2 cm³/mol. The molecule has 0 aliphatic carbocycles. The van der Waals surface area contributed by atoms with E-state index in [1.165, 1.54) is 12.3 Å². The van der Waals surface area contributed by atoms with Crippen LogP contribution in [0, 0.1) is 6.92 Å². The summed E-state index contributed by atoms with van der Waals surface area (Å²) in [5, 5.41) is 12.7. The highest BCUT2D eigenvalue weighted by atomic mass is 35.5. The molecule has 0 unspecified atom stereocenters. The van der Waals surface area contributed by atoms with Gasteiger partial charge in [0.1, 0.15) is 11.3 Å². The Morgan fingerprint density at radius 2 is 2.22 bits per heavy atom. The highest BCUT2D eigenvalue weighted by Crippen LogP contribution is 2.21. The van der Waals surface area contributed by atoms with Crippen molar-refractivity contribution < 1.29 is 14.3 Å². The topological polar surface area (TPSA) is 62.5 Å². The molecule has 5 heteroatoms. The molecule has 0 saturated carbocycles. The first-order valence-corrected chi connectivity index (χ1v) is 5.75. The monoisotopic (exact) mass is 265 g/mol. The first kappa shape index (κ1) is 12.5. The summed E-state index contributed by atoms with van der Waals surface area (Å²) in [6, 6.07) is 6.90. The quantitative estimate of drug-likeness (QED) is 0.887. The fourth-order valence-corrected chi connectivity index (χ4v) is 1.90. The number of anilines is 1. The molecule has 1 heterocycles. The number of rotatable bonds is 4. The number of carboxylic acids is 1. The third-order valence-electron chi connectivity index (χ3n) is 2.60. The van der Waals surface area contributed by atoms with E-state index in [-0.39, 0.29) is 5.56 Å². The zero-order valence-corrected chi connectivity index (χ0v) is 10.5. The number of aromatic carboxylic acids is 1. The van der Waals surface area contributed by atoms with Crippen molar-refractivity contribution in [3.05, 3.63) is 52.4 Å². The van der Waals surface area contributed by atoms with E-state index in [0.29, 0.717) is 17.3 Å². The van der Waals surface area contributed by atoms with Gasteiger partial charge in [0.05, 0.1) is 12.8 Å². The Hall–Kier alpha value is -1.94. The van der Waals surface area contributed by atoms with Crippen LogP contribution in [0.3, 0.4) is 0 Å². The number of hydrogen-bond acceptors (Lipinski definition) is 3. The minimum Gasteiger partial charge on any atom is -0.478 e. The van der Waals surface area contributed by atoms with E-state index >= 15 is 0 Å². The number of carbonyl (C=O) groups is 1. The number of furan rings is 1. The van der Waals surface area contributed by atoms with Gasteiger partial charge in [0.25, 0.3) is 0 Å². The van der Waals surface area contributed by atoms with E-state index in [2.05, 4.69) is 5.32 Å². The summed E-state index contributed by atoms with van der Waals surface area (Å²) in [7, 11) is 0. The van der Waals surface area contributed by atoms with Crippen LogP contribution >= 0.6 is 11.6 Å². The zero-order chi connectivity index (χ0) is 13.1. The van der Waals surface area contributed by atoms with Gasteiger partial charge in [0.2, 0.25) is 0 Å². The predicted octanol–water partition coefficient (Wildman–Crippen LogP) is 3.55. The maximum Gasteiger partial charge on any atom is 0.339 e. The molecule has 0 atom stereocenters. The fourth-order valence-electron chi connectivity index (χ4n) is 1.67. The molecule has 0 amide bonds. The van der Waals surface area contributed by atoms with Crippen molar-refractivity contribution in [1.29, 1.82) is 0 Å². The van der Waals surface area contributed by atoms with Crippen molar-refractivity contribution in [3.8, 4) is 0 Å². The average Bonchev–Trinajstić information content (AvgIpc) is 2.76. The van der Waals surface area contributed by atoms with Crippen LogP contribution in [0.5, 0.6) is 0 Å². The molecule has 0 bridgehead atoms. The van der Waals surface area contributed by atoms with Gasteiger partial charge in [-0.15, -0.1) is 0 Å². The Morgan fingerprint density at radius 1 is 1.44 bits per heavy atom. The summed E-state index contributed by atoms with van der Waals surface area (Å²) in [5.74, 6) is -0.592. The number of hydrogen-bond donors (Lipinski definition) is 2. The molecule has 0 fully saturated rings. The van der Waals surface area contributed by atoms with Crippen LogP contribution in [0.2, 0.25) is 5.02 Å². The second-order valence-corrected chi connectivity index (χ2v) is 4.31. The molecule has 0 aliphatic heterocycles. The summed E-state index contributed by atoms with van der Waals surface area (Å²) >= 11 is 5.86. The standard InChI is InChI=1S/C13H12ClNO3/c1-8-6-9(14)2-3-11(8)15-7-12-10(13(16)17)4-5-18-12/h2-6,15H,7H2,1H3,(H,16,17). The van der Waals surface area contributed by atoms with Crippen LogP contribution in [-0.2, 0) is 6.54 Å². The molecule has 2 rings (SSSR count). The summed E-state index contributed by atoms with van der Waals surface area (Å²) in [5.41, 5.74) is 2.06. The second kappa shape index (κ2) is 5.14. The lowest BCUT2D eigenvalue weighted by molar-refractivity contribution is 0.0694. The molecule has 0 saturated heterocycles. The molecule has 2 aromatic rings. The van der Waals surface area contributed by atoms with Crippen molar-refractivity contribution in [2.24, 2.45) is 0 Å². The molecule has 0 spiro atoms. The minimum absolute atomic E-state index is 0.175. The molecule has 0 radical (unpaired) electrons. The molecule has 0 aliphatic rings. The number of halogens is 1. The lowest BCUT2D eigenvalue weighted by Gasteiger charge is -2.08. The second-order valence-electron chi connectivity index (χ2n) is 3.88. The van der Waals surface area contributed by atoms with Gasteiger partial charge in [-0.2, -0.15) is 0 Å². The van der Waals surface area contributed by atoms with Gasteiger partial charge in [0, 0.05) is 10.7 Å². The Bertz CT molecular complexity index is 577. The van der Waals surface area contributed by atoms with Crippen molar-refractivity contribution in [2.45, 2.75) is 13.5 Å². The Morgan fingerprint density at radius 3 is 2.89 bits per heavy atom. The molecule has 2 N–H and O–H groups in total. The highest BCUT2D eigenvalue weighted by molar-refractivity contribution is 6.30. The third kappa shape index (κ3) is 2.65. The van der Waals surface area contributed by atoms with E-state index < -0.39 is 5.97 Å². The van der Waals surface area contributed by atoms with E-state index in [9.17, 15) is 4.79 Å². The first-order valence-electron chi connectivity index (χ1n) is 5.37. The molecule has 1 aromatic heterocycles. The summed E-state index contributed by atoms with van der Waals surface area (Å²) < 4.78 is 5.14. The van der Waals surface area contributed by atoms with Crippen molar-refractivity contribution in [1.82, 2.24) is 0 Å². The number of aryl methyl sites for hydroxylation is 1. The van der Waals surface area contributed by atoms with Gasteiger partial charge in [-0.1, -0.05) is 11.6 Å². The van der Waals surface area contributed by atoms with E-state index in [4.69, 9.17) is 21.1 Å². The Kier molecular flexibility index (Phi) is 3.58. The highest BCUT2D eigenvalue weighted by Gasteiger charge is 2.13. The maximum absolute atomic E-state index is 10.9. The van der Waals surface area contributed by atoms with Crippen LogP contribution in [0.1, 0.15) is 21.7 Å². The fraction of sp³-hybridized carbons (Fsp3) is 0.154. The van der Waals surface area contributed by atoms with E-state index in [1.54, 1.807) is 6.07 Å². The van der Waals surface area contributed by atoms with Crippen LogP contribution in [0.25, 0.3) is 0 Å². The van der Waals surface area contributed by atoms with Gasteiger partial charge < -0.3 is 14.8 Å². The van der Waals surface area contributed by atoms with Crippen molar-refractivity contribution >= 4 is 23.3 Å². The van der Waals surface area contributed by atoms with E-state index in [0.717, 1.165) is 11.3 Å². The van der Waals surface area contributed by atoms with Crippen LogP contribution < -0.4 is 5.32 Å². The van der Waals surface area contributed by atoms with Gasteiger partial charge >= 0.3 is 5.97 Å². The lowest BCUT2D eigenvalue weighted by atomic mass is 10.2. The normalized spacial score (nSPS) is 10.3. The first-order chi connectivity index (χ1) is 8.58. The summed E-state index contributed by atoms with van der Waals surface area (Å²) in [6.07, 6.45) is 1.37. The number of nitrogens with one attached hydrogen (secondary N) is 1. The maximum atomic E-state index is 10.9. The van der Waals surface area contributed by atoms with E-state index in [1.807, 2.05) is 19.1 Å². The van der Waals surface area contributed by atoms with Crippen molar-refractivity contribution in [2.75, 3.05) is 5.32 Å². The zero-order valence-electron chi connectivity index (χ0n) is 9.74. The SMILES string of the molecule is Cc1cc(Cl)ccc1NCc1occc1C(=O)O. The molecule has 4 nitrogen and oxygen atoms in total. The number of benzene rings is 1. The van der Waals surface area contributed by atoms with Crippen molar-refractivity contribution in [3.63, 3.8) is 0 Å². The van der Waals surface area contributed by atoms with Gasteiger partial charge in [-0.25, -0.2) is 4.79 Å². The molecule has 18 heavy (non-hydrogen) atoms. The number of carboxylic acid groups (broad SMARTS) is 1. The largest absolute Gasteiger partial charge is 0.478 e. The minimum atomic E-state index is -0.992.